The molecule has 1 aromatic rings. The SMILES string of the molecule is C=CCCC(=O)N(C)[C@@H](C)[C@@H](OC(=O)[C@H]1[C@@H]2O[C@@]3(CC2Br)[C@@H]1C(=O)N([C@H](C)CO)[C@@H]3C(=O)N(CC=C)CCCCC)c1ccccc1. The minimum atomic E-state index is -1.28. The number of fused-ring (bicyclic) bond motifs is 1. The molecule has 1 N–H and O–H groups in total. The predicted molar refractivity (Wildman–Crippen MR) is 182 cm³/mol. The summed E-state index contributed by atoms with van der Waals surface area (Å²) in [5.41, 5.74) is -0.574. The summed E-state index contributed by atoms with van der Waals surface area (Å²) >= 11 is 3.72. The van der Waals surface area contributed by atoms with Crippen LogP contribution < -0.4 is 0 Å². The zero-order valence-electron chi connectivity index (χ0n) is 28.1. The molecule has 47 heavy (non-hydrogen) atoms. The maximum absolute atomic E-state index is 14.4. The van der Waals surface area contributed by atoms with Gasteiger partial charge in [0.25, 0.3) is 0 Å². The van der Waals surface area contributed by atoms with Crippen LogP contribution in [0.3, 0.4) is 0 Å². The summed E-state index contributed by atoms with van der Waals surface area (Å²) in [5.74, 6) is -3.39. The number of hydrogen-bond donors (Lipinski definition) is 1. The summed E-state index contributed by atoms with van der Waals surface area (Å²) in [4.78, 5) is 60.6. The number of rotatable bonds is 17. The van der Waals surface area contributed by atoms with E-state index in [1.54, 1.807) is 35.9 Å². The number of nitrogens with zero attached hydrogens (tertiary/aromatic N) is 3. The van der Waals surface area contributed by atoms with E-state index in [0.717, 1.165) is 19.3 Å². The molecule has 3 aliphatic heterocycles. The van der Waals surface area contributed by atoms with Crippen molar-refractivity contribution in [1.82, 2.24) is 14.7 Å². The number of carbonyl (C=O) groups excluding carboxylic acids is 4. The molecule has 0 saturated carbocycles. The molecule has 1 spiro atoms. The number of allylic oxidation sites excluding steroid dienone is 1. The van der Waals surface area contributed by atoms with Crippen LogP contribution in [-0.2, 0) is 28.7 Å². The van der Waals surface area contributed by atoms with Crippen LogP contribution in [0.25, 0.3) is 0 Å². The van der Waals surface area contributed by atoms with Crippen LogP contribution in [0.5, 0.6) is 0 Å². The molecule has 0 radical (unpaired) electrons. The van der Waals surface area contributed by atoms with E-state index >= 15 is 0 Å². The predicted octanol–water partition coefficient (Wildman–Crippen LogP) is 4.42. The number of aliphatic hydroxyl groups excluding tert-OH is 1. The van der Waals surface area contributed by atoms with Gasteiger partial charge in [0.2, 0.25) is 17.7 Å². The number of halogens is 1. The molecule has 1 unspecified atom stereocenters. The fraction of sp³-hybridized carbons (Fsp3) is 0.611. The third kappa shape index (κ3) is 7.08. The highest BCUT2D eigenvalue weighted by atomic mass is 79.9. The van der Waals surface area contributed by atoms with Crippen LogP contribution in [0.2, 0.25) is 0 Å². The molecular weight excluding hydrogens is 666 g/mol. The van der Waals surface area contributed by atoms with E-state index in [-0.39, 0.29) is 29.7 Å². The van der Waals surface area contributed by atoms with E-state index in [4.69, 9.17) is 9.47 Å². The Morgan fingerprint density at radius 2 is 1.89 bits per heavy atom. The van der Waals surface area contributed by atoms with Crippen molar-refractivity contribution in [3.05, 3.63) is 61.2 Å². The molecule has 258 valence electrons. The van der Waals surface area contributed by atoms with Gasteiger partial charge in [0, 0.05) is 31.4 Å². The number of hydrogen-bond acceptors (Lipinski definition) is 7. The highest BCUT2D eigenvalue weighted by Gasteiger charge is 2.77. The molecule has 3 heterocycles. The number of carbonyl (C=O) groups is 4. The summed E-state index contributed by atoms with van der Waals surface area (Å²) in [6.45, 7) is 13.6. The lowest BCUT2D eigenvalue weighted by Crippen LogP contribution is -2.58. The molecule has 9 atom stereocenters. The van der Waals surface area contributed by atoms with Crippen LogP contribution in [-0.4, -0.2) is 105 Å². The van der Waals surface area contributed by atoms with E-state index in [2.05, 4.69) is 36.0 Å². The van der Waals surface area contributed by atoms with E-state index in [1.165, 1.54) is 4.90 Å². The van der Waals surface area contributed by atoms with Gasteiger partial charge in [-0.05, 0) is 38.7 Å². The van der Waals surface area contributed by atoms with Gasteiger partial charge in [0.15, 0.2) is 0 Å². The third-order valence-corrected chi connectivity index (χ3v) is 10.9. The van der Waals surface area contributed by atoms with Gasteiger partial charge in [-0.1, -0.05) is 78.2 Å². The Kier molecular flexibility index (Phi) is 12.5. The topological polar surface area (TPSA) is 117 Å². The van der Waals surface area contributed by atoms with Crippen molar-refractivity contribution in [3.8, 4) is 0 Å². The van der Waals surface area contributed by atoms with Crippen molar-refractivity contribution in [1.29, 1.82) is 0 Å². The fourth-order valence-corrected chi connectivity index (χ4v) is 8.42. The van der Waals surface area contributed by atoms with Crippen LogP contribution in [0.4, 0.5) is 0 Å². The van der Waals surface area contributed by atoms with Crippen LogP contribution >= 0.6 is 15.9 Å². The van der Waals surface area contributed by atoms with Gasteiger partial charge < -0.3 is 29.3 Å². The second-order valence-electron chi connectivity index (χ2n) is 13.1. The Balaban J connectivity index is 1.70. The largest absolute Gasteiger partial charge is 0.455 e. The minimum Gasteiger partial charge on any atom is -0.455 e. The zero-order valence-corrected chi connectivity index (χ0v) is 29.6. The van der Waals surface area contributed by atoms with Gasteiger partial charge in [-0.15, -0.1) is 13.2 Å². The lowest BCUT2D eigenvalue weighted by molar-refractivity contribution is -0.165. The first kappa shape index (κ1) is 36.8. The summed E-state index contributed by atoms with van der Waals surface area (Å²) in [6, 6.07) is 6.99. The normalized spacial score (nSPS) is 27.9. The molecule has 10 nitrogen and oxygen atoms in total. The smallest absolute Gasteiger partial charge is 0.313 e. The quantitative estimate of drug-likeness (QED) is 0.110. The van der Waals surface area contributed by atoms with Crippen LogP contribution in [0.1, 0.15) is 71.0 Å². The van der Waals surface area contributed by atoms with Crippen molar-refractivity contribution in [2.24, 2.45) is 11.8 Å². The van der Waals surface area contributed by atoms with Gasteiger partial charge >= 0.3 is 5.97 Å². The Morgan fingerprint density at radius 3 is 2.51 bits per heavy atom. The molecular formula is C36H50BrN3O7. The average Bonchev–Trinajstić information content (AvgIpc) is 3.67. The summed E-state index contributed by atoms with van der Waals surface area (Å²) in [6.07, 6.45) is 5.70. The zero-order chi connectivity index (χ0) is 34.5. The molecule has 0 aromatic heterocycles. The number of likely N-dealkylation sites (N-methyl/N-ethyl adjacent to an activating group) is 1. The Labute approximate surface area is 287 Å². The number of ether oxygens (including phenoxy) is 2. The number of aliphatic hydroxyl groups is 1. The number of likely N-dealkylation sites (tertiary alicyclic amines) is 1. The number of esters is 1. The number of alkyl halides is 1. The molecule has 4 rings (SSSR count). The van der Waals surface area contributed by atoms with E-state index in [9.17, 15) is 24.3 Å². The van der Waals surface area contributed by atoms with E-state index in [1.807, 2.05) is 37.3 Å². The first-order valence-electron chi connectivity index (χ1n) is 16.8. The molecule has 2 bridgehead atoms. The van der Waals surface area contributed by atoms with Crippen LogP contribution in [0.15, 0.2) is 55.6 Å². The van der Waals surface area contributed by atoms with Gasteiger partial charge in [0.1, 0.15) is 17.7 Å². The van der Waals surface area contributed by atoms with Gasteiger partial charge in [-0.25, -0.2) is 0 Å². The van der Waals surface area contributed by atoms with Crippen molar-refractivity contribution in [2.45, 2.75) is 100 Å². The number of amides is 3. The summed E-state index contributed by atoms with van der Waals surface area (Å²) in [7, 11) is 1.68. The molecule has 3 amide bonds. The van der Waals surface area contributed by atoms with Gasteiger partial charge in [0.05, 0.1) is 36.6 Å². The van der Waals surface area contributed by atoms with E-state index < -0.39 is 59.6 Å². The minimum absolute atomic E-state index is 0.110. The molecule has 11 heteroatoms. The summed E-state index contributed by atoms with van der Waals surface area (Å²) < 4.78 is 13.0. The highest BCUT2D eigenvalue weighted by molar-refractivity contribution is 9.09. The lowest BCUT2D eigenvalue weighted by atomic mass is 9.70. The van der Waals surface area contributed by atoms with Crippen LogP contribution in [0, 0.1) is 11.8 Å². The third-order valence-electron chi connectivity index (χ3n) is 10.0. The fourth-order valence-electron chi connectivity index (χ4n) is 7.47. The van der Waals surface area contributed by atoms with Crippen molar-refractivity contribution < 1.29 is 33.8 Å². The molecule has 3 fully saturated rings. The first-order valence-corrected chi connectivity index (χ1v) is 17.7. The maximum Gasteiger partial charge on any atom is 0.313 e. The standard InChI is InChI=1S/C36H50BrN3O7/c1-7-10-15-20-39(19-9-3)34(44)32-36-21-26(37)31(47-36)28(29(36)33(43)40(32)23(4)22-41)35(45)46-30(25-16-13-12-14-17-25)24(5)38(6)27(42)18-11-8-2/h8-9,12-14,16-17,23-24,26,28-32,41H,2-3,7,10-11,15,18-22H2,1,4-6H3/t23-,24+,26?,28-,29+,30-,31-,32-,36+/m1/s1. The van der Waals surface area contributed by atoms with Gasteiger partial charge in [-0.2, -0.15) is 0 Å². The lowest BCUT2D eigenvalue weighted by Gasteiger charge is -2.38. The Morgan fingerprint density at radius 1 is 1.19 bits per heavy atom. The van der Waals surface area contributed by atoms with Crippen molar-refractivity contribution in [3.63, 3.8) is 0 Å². The average molecular weight is 717 g/mol. The highest BCUT2D eigenvalue weighted by Crippen LogP contribution is 2.61. The Hall–Kier alpha value is -3.02. The van der Waals surface area contributed by atoms with Crippen molar-refractivity contribution in [2.75, 3.05) is 26.7 Å². The van der Waals surface area contributed by atoms with Gasteiger partial charge in [-0.3, -0.25) is 19.2 Å². The maximum atomic E-state index is 14.4. The second-order valence-corrected chi connectivity index (χ2v) is 14.2. The van der Waals surface area contributed by atoms with E-state index in [0.29, 0.717) is 31.5 Å². The Bertz CT molecular complexity index is 1310. The first-order chi connectivity index (χ1) is 22.5. The monoisotopic (exact) mass is 715 g/mol. The molecule has 0 aliphatic carbocycles. The molecule has 3 aliphatic rings. The molecule has 3 saturated heterocycles. The summed E-state index contributed by atoms with van der Waals surface area (Å²) in [5, 5.41) is 10.2. The number of unbranched alkanes of at least 4 members (excludes halogenated alkanes) is 2. The number of benzene rings is 1. The molecule has 1 aromatic carbocycles. The van der Waals surface area contributed by atoms with Crippen molar-refractivity contribution >= 4 is 39.6 Å². The second kappa shape index (κ2) is 15.9.